The van der Waals surface area contributed by atoms with Crippen molar-refractivity contribution in [3.05, 3.63) is 35.4 Å². The fourth-order valence-corrected chi connectivity index (χ4v) is 5.18. The Morgan fingerprint density at radius 3 is 2.68 bits per heavy atom. The molecule has 34 heavy (non-hydrogen) atoms. The zero-order chi connectivity index (χ0) is 23.9. The molecule has 9 nitrogen and oxygen atoms in total. The van der Waals surface area contributed by atoms with Gasteiger partial charge >= 0.3 is 0 Å². The second-order valence-electron chi connectivity index (χ2n) is 10.7. The molecule has 3 aromatic rings. The van der Waals surface area contributed by atoms with Crippen molar-refractivity contribution in [1.82, 2.24) is 35.4 Å². The van der Waals surface area contributed by atoms with Crippen LogP contribution in [0.4, 0.5) is 0 Å². The van der Waals surface area contributed by atoms with Crippen LogP contribution in [-0.4, -0.2) is 62.5 Å². The summed E-state index contributed by atoms with van der Waals surface area (Å²) >= 11 is 0. The Bertz CT molecular complexity index is 1170. The van der Waals surface area contributed by atoms with E-state index in [9.17, 15) is 4.79 Å². The van der Waals surface area contributed by atoms with Crippen LogP contribution < -0.4 is 10.6 Å². The van der Waals surface area contributed by atoms with Crippen molar-refractivity contribution in [3.8, 4) is 11.3 Å². The van der Waals surface area contributed by atoms with Crippen LogP contribution >= 0.6 is 0 Å². The fourth-order valence-electron chi connectivity index (χ4n) is 5.18. The number of fused-ring (bicyclic) bond motifs is 1. The first kappa shape index (κ1) is 23.0. The number of ether oxygens (including phenoxy) is 1. The van der Waals surface area contributed by atoms with Crippen molar-refractivity contribution < 1.29 is 9.53 Å². The number of H-pyrrole nitrogens is 1. The molecule has 0 aromatic carbocycles. The van der Waals surface area contributed by atoms with Crippen molar-refractivity contribution in [1.29, 1.82) is 0 Å². The zero-order valence-corrected chi connectivity index (χ0v) is 20.5. The number of carbonyl (C=O) groups excluding carboxylic acids is 1. The first-order valence-corrected chi connectivity index (χ1v) is 12.3. The lowest BCUT2D eigenvalue weighted by Crippen LogP contribution is -2.51. The van der Waals surface area contributed by atoms with Crippen molar-refractivity contribution >= 4 is 11.6 Å². The molecule has 3 N–H and O–H groups in total. The number of aromatic nitrogens is 5. The number of aryl methyl sites for hydroxylation is 1. The van der Waals surface area contributed by atoms with Gasteiger partial charge in [0.15, 0.2) is 11.3 Å². The smallest absolute Gasteiger partial charge is 0.272 e. The molecule has 4 heterocycles. The molecule has 1 saturated carbocycles. The van der Waals surface area contributed by atoms with Gasteiger partial charge in [-0.3, -0.25) is 9.89 Å². The number of aromatic amines is 1. The molecule has 0 radical (unpaired) electrons. The SMILES string of the molecule is Cc1cc(-c2[nH]nc(C(=O)N[C@H]3CC[C@H](NCC4(C)COC4)CC3)c2C(C)C)cn2ncnc12. The van der Waals surface area contributed by atoms with Crippen molar-refractivity contribution in [2.75, 3.05) is 19.8 Å². The highest BCUT2D eigenvalue weighted by molar-refractivity contribution is 5.96. The third-order valence-electron chi connectivity index (χ3n) is 7.23. The lowest BCUT2D eigenvalue weighted by Gasteiger charge is -2.40. The molecule has 0 bridgehead atoms. The lowest BCUT2D eigenvalue weighted by molar-refractivity contribution is -0.100. The quantitative estimate of drug-likeness (QED) is 0.494. The molecule has 1 amide bonds. The normalized spacial score (nSPS) is 22.1. The van der Waals surface area contributed by atoms with Crippen molar-refractivity contribution in [3.63, 3.8) is 0 Å². The molecule has 5 rings (SSSR count). The van der Waals surface area contributed by atoms with Crippen molar-refractivity contribution in [2.45, 2.75) is 71.4 Å². The van der Waals surface area contributed by atoms with E-state index in [4.69, 9.17) is 4.74 Å². The van der Waals surface area contributed by atoms with Gasteiger partial charge in [0.05, 0.1) is 18.9 Å². The molecule has 2 fully saturated rings. The summed E-state index contributed by atoms with van der Waals surface area (Å²) < 4.78 is 7.12. The second kappa shape index (κ2) is 9.11. The predicted molar refractivity (Wildman–Crippen MR) is 130 cm³/mol. The summed E-state index contributed by atoms with van der Waals surface area (Å²) in [5.41, 5.74) is 5.36. The third kappa shape index (κ3) is 4.46. The van der Waals surface area contributed by atoms with Gasteiger partial charge in [0, 0.05) is 41.4 Å². The molecule has 1 aliphatic carbocycles. The monoisotopic (exact) mass is 465 g/mol. The number of rotatable bonds is 7. The fraction of sp³-hybridized carbons (Fsp3) is 0.600. The van der Waals surface area contributed by atoms with Gasteiger partial charge in [-0.15, -0.1) is 0 Å². The summed E-state index contributed by atoms with van der Waals surface area (Å²) in [5, 5.41) is 18.8. The molecule has 0 spiro atoms. The Morgan fingerprint density at radius 2 is 2.00 bits per heavy atom. The summed E-state index contributed by atoms with van der Waals surface area (Å²) in [6.45, 7) is 11.2. The van der Waals surface area contributed by atoms with Crippen molar-refractivity contribution in [2.24, 2.45) is 5.41 Å². The highest BCUT2D eigenvalue weighted by Gasteiger charge is 2.34. The van der Waals surface area contributed by atoms with Gasteiger partial charge in [0.1, 0.15) is 6.33 Å². The van der Waals surface area contributed by atoms with E-state index in [1.807, 2.05) is 13.1 Å². The maximum absolute atomic E-state index is 13.3. The first-order chi connectivity index (χ1) is 16.3. The van der Waals surface area contributed by atoms with Crippen LogP contribution in [0.15, 0.2) is 18.6 Å². The molecule has 1 saturated heterocycles. The van der Waals surface area contributed by atoms with E-state index in [1.165, 1.54) is 0 Å². The molecule has 2 aliphatic rings. The predicted octanol–water partition coefficient (Wildman–Crippen LogP) is 3.22. The summed E-state index contributed by atoms with van der Waals surface area (Å²) in [5.74, 6) is 0.0401. The molecular formula is C25H35N7O2. The summed E-state index contributed by atoms with van der Waals surface area (Å²) in [6.07, 6.45) is 7.58. The Morgan fingerprint density at radius 1 is 1.26 bits per heavy atom. The number of carbonyl (C=O) groups is 1. The number of nitrogens with one attached hydrogen (secondary N) is 3. The van der Waals surface area contributed by atoms with Crippen LogP contribution in [0.2, 0.25) is 0 Å². The number of amides is 1. The van der Waals surface area contributed by atoms with Gasteiger partial charge in [-0.1, -0.05) is 20.8 Å². The topological polar surface area (TPSA) is 109 Å². The molecule has 0 atom stereocenters. The standard InChI is InChI=1S/C25H35N7O2/c1-15(2)20-21(17-9-16(3)23-27-14-28-32(23)10-17)30-31-22(20)24(33)29-19-7-5-18(6-8-19)26-11-25(4)12-34-13-25/h9-10,14-15,18-19,26H,5-8,11-13H2,1-4H3,(H,29,33)(H,30,31)/t18-,19-. The molecule has 182 valence electrons. The zero-order valence-electron chi connectivity index (χ0n) is 20.5. The Hall–Kier alpha value is -2.78. The Kier molecular flexibility index (Phi) is 6.16. The van der Waals surface area contributed by atoms with Gasteiger partial charge in [0.2, 0.25) is 0 Å². The van der Waals surface area contributed by atoms with Gasteiger partial charge in [-0.25, -0.2) is 9.50 Å². The molecule has 0 unspecified atom stereocenters. The molecular weight excluding hydrogens is 430 g/mol. The van der Waals surface area contributed by atoms with Crippen LogP contribution in [0.1, 0.15) is 74.0 Å². The van der Waals surface area contributed by atoms with E-state index in [1.54, 1.807) is 10.8 Å². The highest BCUT2D eigenvalue weighted by atomic mass is 16.5. The van der Waals surface area contributed by atoms with Crippen LogP contribution in [0.25, 0.3) is 16.9 Å². The van der Waals surface area contributed by atoms with Gasteiger partial charge in [0.25, 0.3) is 5.91 Å². The largest absolute Gasteiger partial charge is 0.380 e. The van der Waals surface area contributed by atoms with E-state index >= 15 is 0 Å². The Balaban J connectivity index is 1.26. The van der Waals surface area contributed by atoms with E-state index in [2.05, 4.69) is 57.8 Å². The molecule has 9 heteroatoms. The van der Waals surface area contributed by atoms with Crippen LogP contribution in [0.5, 0.6) is 0 Å². The third-order valence-corrected chi connectivity index (χ3v) is 7.23. The average Bonchev–Trinajstić information content (AvgIpc) is 3.45. The first-order valence-electron chi connectivity index (χ1n) is 12.3. The maximum atomic E-state index is 13.3. The van der Waals surface area contributed by atoms with Crippen LogP contribution in [0.3, 0.4) is 0 Å². The number of hydrogen-bond donors (Lipinski definition) is 3. The van der Waals surface area contributed by atoms with E-state index in [0.717, 1.165) is 73.5 Å². The Labute approximate surface area is 200 Å². The summed E-state index contributed by atoms with van der Waals surface area (Å²) in [7, 11) is 0. The lowest BCUT2D eigenvalue weighted by atomic mass is 9.86. The van der Waals surface area contributed by atoms with E-state index in [-0.39, 0.29) is 23.3 Å². The van der Waals surface area contributed by atoms with E-state index < -0.39 is 0 Å². The average molecular weight is 466 g/mol. The van der Waals surface area contributed by atoms with Crippen LogP contribution in [0, 0.1) is 12.3 Å². The van der Waals surface area contributed by atoms with Gasteiger partial charge in [-0.2, -0.15) is 10.2 Å². The maximum Gasteiger partial charge on any atom is 0.272 e. The highest BCUT2D eigenvalue weighted by Crippen LogP contribution is 2.32. The number of hydrogen-bond acceptors (Lipinski definition) is 6. The van der Waals surface area contributed by atoms with Gasteiger partial charge < -0.3 is 15.4 Å². The summed E-state index contributed by atoms with van der Waals surface area (Å²) in [6, 6.07) is 2.76. The molecule has 3 aromatic heterocycles. The second-order valence-corrected chi connectivity index (χ2v) is 10.7. The minimum Gasteiger partial charge on any atom is -0.380 e. The van der Waals surface area contributed by atoms with E-state index in [0.29, 0.717) is 11.7 Å². The number of nitrogens with zero attached hydrogens (tertiary/aromatic N) is 4. The minimum atomic E-state index is -0.0970. The number of pyridine rings is 1. The minimum absolute atomic E-state index is 0.0970. The molecule has 1 aliphatic heterocycles. The van der Waals surface area contributed by atoms with Gasteiger partial charge in [-0.05, 0) is 50.2 Å². The summed E-state index contributed by atoms with van der Waals surface area (Å²) in [4.78, 5) is 17.6. The van der Waals surface area contributed by atoms with Crippen LogP contribution in [-0.2, 0) is 4.74 Å².